The summed E-state index contributed by atoms with van der Waals surface area (Å²) >= 11 is 0. The Kier molecular flexibility index (Phi) is 5.33. The van der Waals surface area contributed by atoms with Crippen LogP contribution in [-0.2, 0) is 0 Å². The third-order valence-electron chi connectivity index (χ3n) is 4.32. The number of benzene rings is 3. The lowest BCUT2D eigenvalue weighted by molar-refractivity contribution is 0.340. The lowest BCUT2D eigenvalue weighted by Crippen LogP contribution is -2.12. The van der Waals surface area contributed by atoms with Crippen molar-refractivity contribution in [1.29, 1.82) is 0 Å². The lowest BCUT2D eigenvalue weighted by atomic mass is 10.1. The van der Waals surface area contributed by atoms with Gasteiger partial charge in [0.1, 0.15) is 11.8 Å². The van der Waals surface area contributed by atoms with Crippen molar-refractivity contribution in [3.63, 3.8) is 0 Å². The van der Waals surface area contributed by atoms with E-state index in [-0.39, 0.29) is 6.04 Å². The summed E-state index contributed by atoms with van der Waals surface area (Å²) in [7, 11) is 0. The minimum absolute atomic E-state index is 0.260. The Balaban J connectivity index is 1.64. The van der Waals surface area contributed by atoms with Crippen LogP contribution < -0.4 is 10.1 Å². The van der Waals surface area contributed by atoms with E-state index in [1.807, 2.05) is 91.9 Å². The van der Waals surface area contributed by atoms with Gasteiger partial charge >= 0.3 is 0 Å². The van der Waals surface area contributed by atoms with Gasteiger partial charge in [-0.15, -0.1) is 10.2 Å². The fourth-order valence-corrected chi connectivity index (χ4v) is 2.96. The van der Waals surface area contributed by atoms with E-state index >= 15 is 0 Å². The summed E-state index contributed by atoms with van der Waals surface area (Å²) in [6.45, 7) is 2.61. The number of nitrogens with one attached hydrogen (secondary N) is 1. The molecule has 0 aliphatic rings. The molecular formula is C23H21N3O2. The van der Waals surface area contributed by atoms with Gasteiger partial charge < -0.3 is 14.5 Å². The van der Waals surface area contributed by atoms with Gasteiger partial charge in [0.2, 0.25) is 11.8 Å². The van der Waals surface area contributed by atoms with Crippen molar-refractivity contribution in [3.05, 3.63) is 96.4 Å². The zero-order chi connectivity index (χ0) is 19.2. The molecule has 4 aromatic rings. The van der Waals surface area contributed by atoms with Crippen LogP contribution in [0.1, 0.15) is 24.4 Å². The molecule has 0 aliphatic heterocycles. The minimum Gasteiger partial charge on any atom is -0.494 e. The second-order valence-electron chi connectivity index (χ2n) is 6.26. The zero-order valence-electron chi connectivity index (χ0n) is 15.6. The molecular weight excluding hydrogens is 350 g/mol. The predicted octanol–water partition coefficient (Wildman–Crippen LogP) is 5.34. The molecule has 0 spiro atoms. The molecule has 3 aromatic carbocycles. The fraction of sp³-hybridized carbons (Fsp3) is 0.130. The van der Waals surface area contributed by atoms with Crippen molar-refractivity contribution in [3.8, 4) is 17.2 Å². The topological polar surface area (TPSA) is 60.2 Å². The summed E-state index contributed by atoms with van der Waals surface area (Å²) in [5.41, 5.74) is 2.88. The van der Waals surface area contributed by atoms with Crippen LogP contribution in [0, 0.1) is 0 Å². The van der Waals surface area contributed by atoms with E-state index in [4.69, 9.17) is 9.15 Å². The highest BCUT2D eigenvalue weighted by Gasteiger charge is 2.21. The highest BCUT2D eigenvalue weighted by molar-refractivity contribution is 5.53. The van der Waals surface area contributed by atoms with E-state index in [0.717, 1.165) is 22.6 Å². The average molecular weight is 371 g/mol. The maximum absolute atomic E-state index is 6.01. The average Bonchev–Trinajstić information content (AvgIpc) is 3.25. The van der Waals surface area contributed by atoms with E-state index in [2.05, 4.69) is 15.5 Å². The van der Waals surface area contributed by atoms with Crippen LogP contribution >= 0.6 is 0 Å². The summed E-state index contributed by atoms with van der Waals surface area (Å²) in [6, 6.07) is 27.4. The van der Waals surface area contributed by atoms with Crippen LogP contribution in [0.4, 0.5) is 5.69 Å². The van der Waals surface area contributed by atoms with Crippen LogP contribution in [-0.4, -0.2) is 16.8 Å². The van der Waals surface area contributed by atoms with Gasteiger partial charge in [0.05, 0.1) is 6.61 Å². The Morgan fingerprint density at radius 1 is 0.857 bits per heavy atom. The SMILES string of the molecule is CCOc1ccc(NC(c2ccccc2)c2nnc(-c3ccccc3)o2)cc1. The highest BCUT2D eigenvalue weighted by Crippen LogP contribution is 2.29. The molecule has 0 saturated heterocycles. The highest BCUT2D eigenvalue weighted by atomic mass is 16.5. The van der Waals surface area contributed by atoms with Crippen LogP contribution in [0.5, 0.6) is 5.75 Å². The molecule has 1 unspecified atom stereocenters. The normalized spacial score (nSPS) is 11.8. The van der Waals surface area contributed by atoms with E-state index in [1.54, 1.807) is 0 Å². The first-order valence-electron chi connectivity index (χ1n) is 9.26. The van der Waals surface area contributed by atoms with Gasteiger partial charge in [-0.05, 0) is 48.9 Å². The van der Waals surface area contributed by atoms with E-state index in [1.165, 1.54) is 0 Å². The maximum atomic E-state index is 6.01. The van der Waals surface area contributed by atoms with Gasteiger partial charge in [-0.2, -0.15) is 0 Å². The maximum Gasteiger partial charge on any atom is 0.247 e. The molecule has 1 heterocycles. The van der Waals surface area contributed by atoms with Crippen molar-refractivity contribution in [1.82, 2.24) is 10.2 Å². The quantitative estimate of drug-likeness (QED) is 0.475. The molecule has 5 heteroatoms. The van der Waals surface area contributed by atoms with Crippen LogP contribution in [0.15, 0.2) is 89.3 Å². The third-order valence-corrected chi connectivity index (χ3v) is 4.32. The number of hydrogen-bond acceptors (Lipinski definition) is 5. The molecule has 0 radical (unpaired) electrons. The molecule has 140 valence electrons. The minimum atomic E-state index is -0.260. The molecule has 1 atom stereocenters. The summed E-state index contributed by atoms with van der Waals surface area (Å²) in [5.74, 6) is 1.86. The number of aromatic nitrogens is 2. The lowest BCUT2D eigenvalue weighted by Gasteiger charge is -2.17. The number of nitrogens with zero attached hydrogens (tertiary/aromatic N) is 2. The summed E-state index contributed by atoms with van der Waals surface area (Å²) in [4.78, 5) is 0. The number of rotatable bonds is 7. The van der Waals surface area contributed by atoms with Crippen molar-refractivity contribution in [2.75, 3.05) is 11.9 Å². The second-order valence-corrected chi connectivity index (χ2v) is 6.26. The third kappa shape index (κ3) is 4.04. The Morgan fingerprint density at radius 3 is 2.21 bits per heavy atom. The molecule has 0 saturated carbocycles. The molecule has 0 fully saturated rings. The summed E-state index contributed by atoms with van der Waals surface area (Å²) in [6.07, 6.45) is 0. The molecule has 1 N–H and O–H groups in total. The van der Waals surface area contributed by atoms with Gasteiger partial charge in [0.15, 0.2) is 0 Å². The standard InChI is InChI=1S/C23H21N3O2/c1-2-27-20-15-13-19(14-16-20)24-21(17-9-5-3-6-10-17)23-26-25-22(28-23)18-11-7-4-8-12-18/h3-16,21,24H,2H2,1H3. The first-order valence-corrected chi connectivity index (χ1v) is 9.26. The van der Waals surface area contributed by atoms with Crippen molar-refractivity contribution < 1.29 is 9.15 Å². The molecule has 28 heavy (non-hydrogen) atoms. The van der Waals surface area contributed by atoms with E-state index in [9.17, 15) is 0 Å². The second kappa shape index (κ2) is 8.39. The van der Waals surface area contributed by atoms with Gasteiger partial charge in [-0.3, -0.25) is 0 Å². The first kappa shape index (κ1) is 17.8. The van der Waals surface area contributed by atoms with E-state index in [0.29, 0.717) is 18.4 Å². The molecule has 0 bridgehead atoms. The smallest absolute Gasteiger partial charge is 0.247 e. The van der Waals surface area contributed by atoms with Crippen LogP contribution in [0.2, 0.25) is 0 Å². The number of hydrogen-bond donors (Lipinski definition) is 1. The predicted molar refractivity (Wildman–Crippen MR) is 109 cm³/mol. The summed E-state index contributed by atoms with van der Waals surface area (Å²) in [5, 5.41) is 12.0. The molecule has 5 nitrogen and oxygen atoms in total. The monoisotopic (exact) mass is 371 g/mol. The first-order chi connectivity index (χ1) is 13.8. The number of ether oxygens (including phenoxy) is 1. The molecule has 1 aromatic heterocycles. The largest absolute Gasteiger partial charge is 0.494 e. The Hall–Kier alpha value is -3.60. The molecule has 4 rings (SSSR count). The van der Waals surface area contributed by atoms with Crippen molar-refractivity contribution in [2.24, 2.45) is 0 Å². The van der Waals surface area contributed by atoms with Crippen molar-refractivity contribution in [2.45, 2.75) is 13.0 Å². The zero-order valence-corrected chi connectivity index (χ0v) is 15.6. The van der Waals surface area contributed by atoms with Crippen molar-refractivity contribution >= 4 is 5.69 Å². The Morgan fingerprint density at radius 2 is 1.54 bits per heavy atom. The molecule has 0 aliphatic carbocycles. The Labute approximate surface area is 164 Å². The van der Waals surface area contributed by atoms with Gasteiger partial charge in [-0.25, -0.2) is 0 Å². The number of anilines is 1. The van der Waals surface area contributed by atoms with E-state index < -0.39 is 0 Å². The van der Waals surface area contributed by atoms with Crippen LogP contribution in [0.25, 0.3) is 11.5 Å². The summed E-state index contributed by atoms with van der Waals surface area (Å²) < 4.78 is 11.5. The van der Waals surface area contributed by atoms with Gasteiger partial charge in [0, 0.05) is 11.3 Å². The van der Waals surface area contributed by atoms with Gasteiger partial charge in [-0.1, -0.05) is 48.5 Å². The van der Waals surface area contributed by atoms with Crippen LogP contribution in [0.3, 0.4) is 0 Å². The fourth-order valence-electron chi connectivity index (χ4n) is 2.96. The molecule has 0 amide bonds. The van der Waals surface area contributed by atoms with Gasteiger partial charge in [0.25, 0.3) is 0 Å². The Bertz CT molecular complexity index is 999.